The lowest BCUT2D eigenvalue weighted by Gasteiger charge is -2.21. The highest BCUT2D eigenvalue weighted by Gasteiger charge is 2.24. The van der Waals surface area contributed by atoms with Crippen LogP contribution in [-0.2, 0) is 4.74 Å². The fraction of sp³-hybridized carbons (Fsp3) is 0.400. The molecule has 0 aromatic heterocycles. The Hall–Kier alpha value is -1.61. The number of fused-ring (bicyclic) bond motifs is 1. The minimum atomic E-state index is 0.102. The third-order valence-corrected chi connectivity index (χ3v) is 3.24. The van der Waals surface area contributed by atoms with Crippen molar-refractivity contribution in [3.8, 4) is 5.75 Å². The summed E-state index contributed by atoms with van der Waals surface area (Å²) in [6, 6.07) is 7.40. The van der Waals surface area contributed by atoms with E-state index in [1.54, 1.807) is 7.11 Å². The molecule has 0 N–H and O–H groups in total. The maximum absolute atomic E-state index is 12.4. The second-order valence-electron chi connectivity index (χ2n) is 4.29. The van der Waals surface area contributed by atoms with Crippen molar-refractivity contribution in [3.05, 3.63) is 41.0 Å². The Labute approximate surface area is 107 Å². The zero-order valence-corrected chi connectivity index (χ0v) is 10.9. The molecule has 3 heteroatoms. The number of para-hydroxylation sites is 1. The van der Waals surface area contributed by atoms with Crippen LogP contribution >= 0.6 is 0 Å². The second-order valence-corrected chi connectivity index (χ2v) is 4.29. The minimum absolute atomic E-state index is 0.102. The Bertz CT molecular complexity index is 474. The normalized spacial score (nSPS) is 17.1. The molecule has 0 bridgehead atoms. The molecule has 1 aliphatic rings. The van der Waals surface area contributed by atoms with Gasteiger partial charge >= 0.3 is 0 Å². The van der Waals surface area contributed by atoms with Crippen molar-refractivity contribution in [2.75, 3.05) is 20.3 Å². The van der Waals surface area contributed by atoms with Gasteiger partial charge in [-0.3, -0.25) is 4.79 Å². The molecule has 0 radical (unpaired) electrons. The molecule has 3 nitrogen and oxygen atoms in total. The van der Waals surface area contributed by atoms with Crippen LogP contribution in [0, 0.1) is 0 Å². The predicted octanol–water partition coefficient (Wildman–Crippen LogP) is 3.00. The molecule has 0 aliphatic carbocycles. The number of hydrogen-bond donors (Lipinski definition) is 0. The molecule has 0 unspecified atom stereocenters. The predicted molar refractivity (Wildman–Crippen MR) is 70.1 cm³/mol. The Balaban J connectivity index is 2.32. The van der Waals surface area contributed by atoms with E-state index < -0.39 is 0 Å². The largest absolute Gasteiger partial charge is 0.488 e. The fourth-order valence-electron chi connectivity index (χ4n) is 2.19. The highest BCUT2D eigenvalue weighted by atomic mass is 16.5. The van der Waals surface area contributed by atoms with Gasteiger partial charge in [-0.25, -0.2) is 0 Å². The van der Waals surface area contributed by atoms with E-state index in [4.69, 9.17) is 9.47 Å². The first kappa shape index (κ1) is 12.8. The number of hydrogen-bond acceptors (Lipinski definition) is 3. The summed E-state index contributed by atoms with van der Waals surface area (Å²) in [5.41, 5.74) is 2.60. The molecule has 0 saturated carbocycles. The van der Waals surface area contributed by atoms with Crippen LogP contribution in [0.25, 0.3) is 0 Å². The van der Waals surface area contributed by atoms with E-state index in [-0.39, 0.29) is 5.78 Å². The second kappa shape index (κ2) is 5.83. The van der Waals surface area contributed by atoms with Crippen LogP contribution in [0.1, 0.15) is 30.1 Å². The van der Waals surface area contributed by atoms with Crippen LogP contribution in [0.3, 0.4) is 0 Å². The van der Waals surface area contributed by atoms with Gasteiger partial charge in [0, 0.05) is 19.3 Å². The van der Waals surface area contributed by atoms with Crippen molar-refractivity contribution < 1.29 is 14.3 Å². The van der Waals surface area contributed by atoms with Gasteiger partial charge in [0.2, 0.25) is 0 Å². The van der Waals surface area contributed by atoms with Crippen LogP contribution < -0.4 is 4.74 Å². The summed E-state index contributed by atoms with van der Waals surface area (Å²) in [5.74, 6) is 0.790. The van der Waals surface area contributed by atoms with Crippen LogP contribution in [0.2, 0.25) is 0 Å². The maximum Gasteiger partial charge on any atom is 0.196 e. The Morgan fingerprint density at radius 2 is 2.17 bits per heavy atom. The molecule has 1 aliphatic heterocycles. The number of Topliss-reactive ketones (excluding diaryl/α,β-unsaturated/α-hetero) is 1. The van der Waals surface area contributed by atoms with Gasteiger partial charge in [0.1, 0.15) is 12.4 Å². The smallest absolute Gasteiger partial charge is 0.196 e. The molecule has 0 saturated heterocycles. The highest BCUT2D eigenvalue weighted by molar-refractivity contribution is 6.12. The lowest BCUT2D eigenvalue weighted by atomic mass is 9.93. The van der Waals surface area contributed by atoms with Gasteiger partial charge in [-0.2, -0.15) is 0 Å². The van der Waals surface area contributed by atoms with E-state index in [9.17, 15) is 4.79 Å². The van der Waals surface area contributed by atoms with Crippen LogP contribution in [0.5, 0.6) is 5.75 Å². The fourth-order valence-corrected chi connectivity index (χ4v) is 2.19. The van der Waals surface area contributed by atoms with Gasteiger partial charge in [0.25, 0.3) is 0 Å². The number of ether oxygens (including phenoxy) is 2. The van der Waals surface area contributed by atoms with Gasteiger partial charge in [-0.1, -0.05) is 24.6 Å². The molecule has 0 spiro atoms. The van der Waals surface area contributed by atoms with Crippen molar-refractivity contribution in [1.82, 2.24) is 0 Å². The standard InChI is InChI=1S/C15H18O3/c1-3-11(8-9-17-2)13-10-18-14-7-5-4-6-12(14)15(13)16/h4-7H,3,8-10H2,1-2H3/b13-11+. The number of methoxy groups -OCH3 is 1. The number of carbonyl (C=O) groups excluding carboxylic acids is 1. The Morgan fingerprint density at radius 1 is 1.39 bits per heavy atom. The first-order valence-corrected chi connectivity index (χ1v) is 6.24. The lowest BCUT2D eigenvalue weighted by molar-refractivity contribution is 0.0996. The maximum atomic E-state index is 12.4. The molecule has 1 aromatic rings. The van der Waals surface area contributed by atoms with Gasteiger partial charge in [0.05, 0.1) is 5.56 Å². The number of benzene rings is 1. The summed E-state index contributed by atoms with van der Waals surface area (Å²) >= 11 is 0. The topological polar surface area (TPSA) is 35.5 Å². The van der Waals surface area contributed by atoms with E-state index in [1.807, 2.05) is 24.3 Å². The van der Waals surface area contributed by atoms with Crippen LogP contribution in [0.15, 0.2) is 35.4 Å². The van der Waals surface area contributed by atoms with Crippen LogP contribution in [-0.4, -0.2) is 26.1 Å². The van der Waals surface area contributed by atoms with Gasteiger partial charge in [0.15, 0.2) is 5.78 Å². The SMILES string of the molecule is CC/C(CCOC)=C1/COc2ccccc2C1=O. The first-order valence-electron chi connectivity index (χ1n) is 6.24. The molecule has 18 heavy (non-hydrogen) atoms. The quantitative estimate of drug-likeness (QED) is 0.766. The summed E-state index contributed by atoms with van der Waals surface area (Å²) in [7, 11) is 1.67. The zero-order chi connectivity index (χ0) is 13.0. The zero-order valence-electron chi connectivity index (χ0n) is 10.9. The van der Waals surface area contributed by atoms with Crippen molar-refractivity contribution >= 4 is 5.78 Å². The monoisotopic (exact) mass is 246 g/mol. The number of carbonyl (C=O) groups is 1. The average molecular weight is 246 g/mol. The van der Waals surface area contributed by atoms with Crippen molar-refractivity contribution in [2.45, 2.75) is 19.8 Å². The summed E-state index contributed by atoms with van der Waals surface area (Å²) in [6.45, 7) is 3.08. The van der Waals surface area contributed by atoms with Gasteiger partial charge < -0.3 is 9.47 Å². The molecule has 1 aromatic carbocycles. The molecule has 0 amide bonds. The minimum Gasteiger partial charge on any atom is -0.488 e. The van der Waals surface area contributed by atoms with Crippen molar-refractivity contribution in [3.63, 3.8) is 0 Å². The van der Waals surface area contributed by atoms with E-state index in [0.717, 1.165) is 24.0 Å². The average Bonchev–Trinajstić information content (AvgIpc) is 2.42. The van der Waals surface area contributed by atoms with E-state index in [0.29, 0.717) is 24.5 Å². The lowest BCUT2D eigenvalue weighted by Crippen LogP contribution is -2.21. The first-order chi connectivity index (χ1) is 8.77. The van der Waals surface area contributed by atoms with Crippen molar-refractivity contribution in [2.24, 2.45) is 0 Å². The van der Waals surface area contributed by atoms with E-state index in [2.05, 4.69) is 6.92 Å². The highest BCUT2D eigenvalue weighted by Crippen LogP contribution is 2.29. The van der Waals surface area contributed by atoms with Crippen molar-refractivity contribution in [1.29, 1.82) is 0 Å². The molecular formula is C15H18O3. The molecule has 0 atom stereocenters. The molecule has 0 fully saturated rings. The molecule has 2 rings (SSSR count). The van der Waals surface area contributed by atoms with Crippen LogP contribution in [0.4, 0.5) is 0 Å². The molecule has 1 heterocycles. The number of rotatable bonds is 4. The summed E-state index contributed by atoms with van der Waals surface area (Å²) < 4.78 is 10.7. The summed E-state index contributed by atoms with van der Waals surface area (Å²) in [4.78, 5) is 12.4. The van der Waals surface area contributed by atoms with E-state index >= 15 is 0 Å². The molecular weight excluding hydrogens is 228 g/mol. The third kappa shape index (κ3) is 2.46. The summed E-state index contributed by atoms with van der Waals surface area (Å²) in [6.07, 6.45) is 1.65. The summed E-state index contributed by atoms with van der Waals surface area (Å²) in [5, 5.41) is 0. The van der Waals surface area contributed by atoms with E-state index in [1.165, 1.54) is 0 Å². The third-order valence-electron chi connectivity index (χ3n) is 3.24. The Kier molecular flexibility index (Phi) is 4.15. The van der Waals surface area contributed by atoms with Gasteiger partial charge in [-0.15, -0.1) is 0 Å². The molecule has 96 valence electrons. The number of ketones is 1. The van der Waals surface area contributed by atoms with Gasteiger partial charge in [-0.05, 0) is 25.0 Å². The Morgan fingerprint density at radius 3 is 2.89 bits per heavy atom.